The fraction of sp³-hybridized carbons (Fsp3) is 0.548. The number of nitrogens with one attached hydrogen (secondary N) is 1. The Hall–Kier alpha value is -3.33. The van der Waals surface area contributed by atoms with E-state index in [2.05, 4.69) is 10.3 Å². The molecule has 0 aliphatic carbocycles. The van der Waals surface area contributed by atoms with E-state index in [0.29, 0.717) is 40.8 Å². The molecule has 0 radical (unpaired) electrons. The first-order valence-electron chi connectivity index (χ1n) is 15.1. The molecule has 0 spiro atoms. The molecular formula is C31H39F3N6O4S. The van der Waals surface area contributed by atoms with Gasteiger partial charge in [0.1, 0.15) is 17.9 Å². The number of carbonyl (C=O) groups excluding carboxylic acids is 1. The monoisotopic (exact) mass is 648 g/mol. The van der Waals surface area contributed by atoms with Gasteiger partial charge in [0.05, 0.1) is 24.1 Å². The Morgan fingerprint density at radius 2 is 2.02 bits per heavy atom. The molecule has 10 nitrogen and oxygen atoms in total. The number of hydrogen-bond donors (Lipinski definition) is 2. The normalized spacial score (nSPS) is 24.0. The Morgan fingerprint density at radius 3 is 2.67 bits per heavy atom. The summed E-state index contributed by atoms with van der Waals surface area (Å²) in [6.07, 6.45) is 1.81. The van der Waals surface area contributed by atoms with Crippen molar-refractivity contribution >= 4 is 29.1 Å². The molecule has 0 unspecified atom stereocenters. The van der Waals surface area contributed by atoms with Crippen LogP contribution in [0.5, 0.6) is 0 Å². The minimum absolute atomic E-state index is 0.0494. The maximum absolute atomic E-state index is 15.9. The van der Waals surface area contributed by atoms with Gasteiger partial charge in [0.2, 0.25) is 0 Å². The van der Waals surface area contributed by atoms with Crippen LogP contribution in [0.15, 0.2) is 46.0 Å². The van der Waals surface area contributed by atoms with E-state index in [-0.39, 0.29) is 31.7 Å². The molecule has 5 rings (SSSR count). The molecule has 4 heterocycles. The zero-order valence-corrected chi connectivity index (χ0v) is 26.8. The van der Waals surface area contributed by atoms with E-state index in [1.165, 1.54) is 17.4 Å². The third-order valence-corrected chi connectivity index (χ3v) is 9.67. The van der Waals surface area contributed by atoms with Crippen LogP contribution in [-0.2, 0) is 14.3 Å². The molecule has 14 heteroatoms. The van der Waals surface area contributed by atoms with Crippen molar-refractivity contribution in [3.05, 3.63) is 63.0 Å². The van der Waals surface area contributed by atoms with E-state index in [4.69, 9.17) is 9.73 Å². The predicted octanol–water partition coefficient (Wildman–Crippen LogP) is 4.24. The van der Waals surface area contributed by atoms with Crippen molar-refractivity contribution in [1.82, 2.24) is 25.2 Å². The number of aliphatic carboxylic acids is 1. The maximum Gasteiger partial charge on any atom is 0.338 e. The van der Waals surface area contributed by atoms with Gasteiger partial charge in [-0.05, 0) is 51.3 Å². The Bertz CT molecular complexity index is 1500. The van der Waals surface area contributed by atoms with Gasteiger partial charge >= 0.3 is 11.9 Å². The number of hydrazine groups is 1. The van der Waals surface area contributed by atoms with Crippen molar-refractivity contribution in [2.24, 2.45) is 10.4 Å². The molecule has 2 saturated heterocycles. The van der Waals surface area contributed by atoms with Gasteiger partial charge in [0, 0.05) is 49.5 Å². The highest BCUT2D eigenvalue weighted by atomic mass is 32.1. The number of benzene rings is 1. The first-order valence-corrected chi connectivity index (χ1v) is 15.9. The van der Waals surface area contributed by atoms with Crippen LogP contribution in [-0.4, -0.2) is 100 Å². The standard InChI is InChI=1S/C31H39F3N6O4S/c1-6-39-16-22-25(40(39)13-11-30(4,5)29(42)43)31(33,34)17-38(22)15-21-23(28(41)44-7-2)24(19-9-8-10-20(32)18(19)3)37-26(36-21)27-35-12-14-45-27/h8-10,12,14,22,24-25H,6-7,11,13,15-17H2,1-5H3,(H,36,37)(H,42,43)/t22-,24+,25+/m1/s1. The Kier molecular flexibility index (Phi) is 9.41. The van der Waals surface area contributed by atoms with Gasteiger partial charge in [-0.25, -0.2) is 33.0 Å². The number of alkyl halides is 2. The van der Waals surface area contributed by atoms with Crippen molar-refractivity contribution in [2.45, 2.75) is 65.1 Å². The molecule has 1 aromatic carbocycles. The number of likely N-dealkylation sites (N-methyl/N-ethyl adjacent to an activating group) is 1. The predicted molar refractivity (Wildman–Crippen MR) is 163 cm³/mol. The SMILES string of the molecule is CCOC(=O)C1=C(CN2CC(F)(F)[C@@H]3[C@H]2CN(CC)N3CCC(C)(C)C(=O)O)NC(c2nccs2)=N[C@H]1c1cccc(F)c1C. The van der Waals surface area contributed by atoms with E-state index >= 15 is 8.78 Å². The number of aromatic nitrogens is 1. The van der Waals surface area contributed by atoms with E-state index in [0.717, 1.165) is 0 Å². The lowest BCUT2D eigenvalue weighted by Gasteiger charge is -2.35. The van der Waals surface area contributed by atoms with Crippen molar-refractivity contribution in [3.8, 4) is 0 Å². The zero-order chi connectivity index (χ0) is 32.7. The second-order valence-electron chi connectivity index (χ2n) is 12.2. The summed E-state index contributed by atoms with van der Waals surface area (Å²) in [4.78, 5) is 36.1. The van der Waals surface area contributed by atoms with Crippen LogP contribution >= 0.6 is 11.3 Å². The van der Waals surface area contributed by atoms with Gasteiger partial charge in [-0.15, -0.1) is 11.3 Å². The molecule has 244 valence electrons. The third kappa shape index (κ3) is 6.38. The number of esters is 1. The number of nitrogens with zero attached hydrogens (tertiary/aromatic N) is 5. The average molecular weight is 649 g/mol. The van der Waals surface area contributed by atoms with Crippen LogP contribution in [0.1, 0.15) is 56.3 Å². The number of rotatable bonds is 11. The van der Waals surface area contributed by atoms with Gasteiger partial charge in [-0.3, -0.25) is 14.7 Å². The summed E-state index contributed by atoms with van der Waals surface area (Å²) < 4.78 is 52.1. The summed E-state index contributed by atoms with van der Waals surface area (Å²) in [5.41, 5.74) is 0.164. The number of thiazole rings is 1. The first-order chi connectivity index (χ1) is 21.3. The molecule has 0 saturated carbocycles. The van der Waals surface area contributed by atoms with Crippen molar-refractivity contribution in [3.63, 3.8) is 0 Å². The highest BCUT2D eigenvalue weighted by molar-refractivity contribution is 7.11. The maximum atomic E-state index is 15.9. The summed E-state index contributed by atoms with van der Waals surface area (Å²) in [6, 6.07) is 1.83. The van der Waals surface area contributed by atoms with Gasteiger partial charge in [0.15, 0.2) is 10.8 Å². The second-order valence-corrected chi connectivity index (χ2v) is 13.1. The zero-order valence-electron chi connectivity index (χ0n) is 26.0. The van der Waals surface area contributed by atoms with E-state index in [9.17, 15) is 19.1 Å². The van der Waals surface area contributed by atoms with Crippen LogP contribution in [0.3, 0.4) is 0 Å². The molecule has 1 aromatic heterocycles. The van der Waals surface area contributed by atoms with Gasteiger partial charge in [-0.2, -0.15) is 0 Å². The molecule has 0 amide bonds. The number of hydrogen-bond acceptors (Lipinski definition) is 10. The Labute approximate surface area is 264 Å². The second kappa shape index (κ2) is 12.8. The van der Waals surface area contributed by atoms with Crippen LogP contribution in [0.2, 0.25) is 0 Å². The Morgan fingerprint density at radius 1 is 1.27 bits per heavy atom. The van der Waals surface area contributed by atoms with Crippen LogP contribution < -0.4 is 5.32 Å². The molecule has 3 aliphatic heterocycles. The van der Waals surface area contributed by atoms with Crippen molar-refractivity contribution < 1.29 is 32.6 Å². The van der Waals surface area contributed by atoms with E-state index in [1.54, 1.807) is 61.3 Å². The van der Waals surface area contributed by atoms with E-state index < -0.39 is 53.8 Å². The number of carboxylic acid groups (broad SMARTS) is 1. The van der Waals surface area contributed by atoms with Crippen LogP contribution in [0, 0.1) is 18.2 Å². The number of fused-ring (bicyclic) bond motifs is 1. The number of likely N-dealkylation sites (tertiary alicyclic amines) is 1. The minimum Gasteiger partial charge on any atom is -0.481 e. The van der Waals surface area contributed by atoms with Crippen LogP contribution in [0.4, 0.5) is 13.2 Å². The summed E-state index contributed by atoms with van der Waals surface area (Å²) in [5.74, 6) is -4.88. The molecule has 0 bridgehead atoms. The lowest BCUT2D eigenvalue weighted by molar-refractivity contribution is -0.149. The number of carbonyl (C=O) groups is 2. The van der Waals surface area contributed by atoms with Crippen molar-refractivity contribution in [1.29, 1.82) is 0 Å². The van der Waals surface area contributed by atoms with Crippen molar-refractivity contribution in [2.75, 3.05) is 39.3 Å². The quantitative estimate of drug-likeness (QED) is 0.346. The number of amidine groups is 1. The van der Waals surface area contributed by atoms with Gasteiger partial charge < -0.3 is 15.2 Å². The number of carboxylic acids is 1. The Balaban J connectivity index is 1.54. The topological polar surface area (TPSA) is 111 Å². The molecule has 2 aromatic rings. The minimum atomic E-state index is -3.12. The molecule has 3 atom stereocenters. The highest BCUT2D eigenvalue weighted by Crippen LogP contribution is 2.43. The summed E-state index contributed by atoms with van der Waals surface area (Å²) in [6.45, 7) is 8.76. The molecule has 45 heavy (non-hydrogen) atoms. The summed E-state index contributed by atoms with van der Waals surface area (Å²) in [7, 11) is 0. The number of aliphatic imine (C=N–C) groups is 1. The van der Waals surface area contributed by atoms with Gasteiger partial charge in [0.25, 0.3) is 5.92 Å². The third-order valence-electron chi connectivity index (χ3n) is 8.89. The van der Waals surface area contributed by atoms with E-state index in [1.807, 2.05) is 11.9 Å². The molecule has 2 N–H and O–H groups in total. The lowest BCUT2D eigenvalue weighted by Crippen LogP contribution is -2.50. The number of halogens is 3. The first kappa shape index (κ1) is 33.0. The largest absolute Gasteiger partial charge is 0.481 e. The molecule has 3 aliphatic rings. The summed E-state index contributed by atoms with van der Waals surface area (Å²) in [5, 5.41) is 18.6. The van der Waals surface area contributed by atoms with Crippen LogP contribution in [0.25, 0.3) is 0 Å². The lowest BCUT2D eigenvalue weighted by atomic mass is 9.89. The highest BCUT2D eigenvalue weighted by Gasteiger charge is 2.61. The fourth-order valence-electron chi connectivity index (χ4n) is 6.32. The fourth-order valence-corrected chi connectivity index (χ4v) is 6.91. The summed E-state index contributed by atoms with van der Waals surface area (Å²) >= 11 is 1.32. The van der Waals surface area contributed by atoms with Gasteiger partial charge in [-0.1, -0.05) is 19.1 Å². The number of ether oxygens (including phenoxy) is 1. The average Bonchev–Trinajstić information content (AvgIpc) is 3.70. The molecule has 2 fully saturated rings. The smallest absolute Gasteiger partial charge is 0.338 e. The molecular weight excluding hydrogens is 609 g/mol.